The molecule has 37 heavy (non-hydrogen) atoms. The summed E-state index contributed by atoms with van der Waals surface area (Å²) in [4.78, 5) is 27.0. The van der Waals surface area contributed by atoms with Crippen LogP contribution in [0.1, 0.15) is 17.5 Å². The second-order valence-corrected chi connectivity index (χ2v) is 8.78. The maximum Gasteiger partial charge on any atom is 0.416 e. The van der Waals surface area contributed by atoms with Gasteiger partial charge in [-0.15, -0.1) is 0 Å². The average Bonchev–Trinajstić information content (AvgIpc) is 3.12. The van der Waals surface area contributed by atoms with Crippen molar-refractivity contribution in [3.63, 3.8) is 0 Å². The molecule has 3 aromatic rings. The Bertz CT molecular complexity index is 1320. The number of aromatic nitrogens is 2. The Kier molecular flexibility index (Phi) is 7.98. The quantitative estimate of drug-likeness (QED) is 0.415. The Labute approximate surface area is 214 Å². The van der Waals surface area contributed by atoms with Crippen LogP contribution in [0.3, 0.4) is 0 Å². The summed E-state index contributed by atoms with van der Waals surface area (Å²) in [6, 6.07) is 7.30. The first-order valence-electron chi connectivity index (χ1n) is 11.4. The fraction of sp³-hybridized carbons (Fsp3) is 0.292. The van der Waals surface area contributed by atoms with Crippen LogP contribution in [0.25, 0.3) is 0 Å². The van der Waals surface area contributed by atoms with Crippen molar-refractivity contribution in [2.75, 3.05) is 41.7 Å². The van der Waals surface area contributed by atoms with Gasteiger partial charge in [-0.1, -0.05) is 23.7 Å². The summed E-state index contributed by atoms with van der Waals surface area (Å²) in [5, 5.41) is 12.3. The summed E-state index contributed by atoms with van der Waals surface area (Å²) in [5.41, 5.74) is -0.360. The van der Waals surface area contributed by atoms with Crippen LogP contribution in [0.15, 0.2) is 53.5 Å². The number of halogens is 5. The van der Waals surface area contributed by atoms with Crippen LogP contribution in [-0.2, 0) is 12.7 Å². The number of alkyl halides is 3. The van der Waals surface area contributed by atoms with Crippen LogP contribution < -0.4 is 26.4 Å². The summed E-state index contributed by atoms with van der Waals surface area (Å²) in [5.74, 6) is -1.13. The van der Waals surface area contributed by atoms with E-state index in [1.165, 1.54) is 4.68 Å². The van der Waals surface area contributed by atoms with Gasteiger partial charge in [0, 0.05) is 31.0 Å². The van der Waals surface area contributed by atoms with Crippen molar-refractivity contribution in [2.24, 2.45) is 0 Å². The monoisotopic (exact) mass is 538 g/mol. The van der Waals surface area contributed by atoms with E-state index in [9.17, 15) is 27.2 Å². The minimum Gasteiger partial charge on any atom is -0.368 e. The van der Waals surface area contributed by atoms with Gasteiger partial charge in [-0.05, 0) is 48.9 Å². The standard InChI is InChI=1S/C24H23ClF4N6O2/c25-21-20(34-8-1-6-30-7-9-34)13-31-35(22(21)36)14-15-2-4-18(5-3-15)32-23(37)33-19-11-16(24(27,28)29)10-17(26)12-19/h2-5,10-13,30H,1,6-9,14H2,(H2,32,33,37). The topological polar surface area (TPSA) is 91.3 Å². The number of carbonyl (C=O) groups excluding carboxylic acids is 1. The number of nitrogens with zero attached hydrogens (tertiary/aromatic N) is 3. The number of amides is 2. The Morgan fingerprint density at radius 1 is 1.05 bits per heavy atom. The lowest BCUT2D eigenvalue weighted by Gasteiger charge is -2.23. The highest BCUT2D eigenvalue weighted by molar-refractivity contribution is 6.33. The molecule has 1 aliphatic rings. The van der Waals surface area contributed by atoms with Crippen LogP contribution in [0.2, 0.25) is 5.02 Å². The lowest BCUT2D eigenvalue weighted by molar-refractivity contribution is -0.137. The molecule has 1 saturated heterocycles. The van der Waals surface area contributed by atoms with Gasteiger partial charge in [0.25, 0.3) is 5.56 Å². The van der Waals surface area contributed by atoms with Gasteiger partial charge in [-0.2, -0.15) is 18.3 Å². The fourth-order valence-electron chi connectivity index (χ4n) is 3.86. The Balaban J connectivity index is 1.39. The predicted octanol–water partition coefficient (Wildman–Crippen LogP) is 4.55. The zero-order valence-corrected chi connectivity index (χ0v) is 20.2. The number of carbonyl (C=O) groups is 1. The van der Waals surface area contributed by atoms with Crippen LogP contribution in [0.4, 0.5) is 39.4 Å². The summed E-state index contributed by atoms with van der Waals surface area (Å²) in [6.45, 7) is 3.30. The fourth-order valence-corrected chi connectivity index (χ4v) is 4.13. The molecule has 0 saturated carbocycles. The maximum absolute atomic E-state index is 13.5. The highest BCUT2D eigenvalue weighted by Crippen LogP contribution is 2.31. The molecule has 0 unspecified atom stereocenters. The maximum atomic E-state index is 13.5. The lowest BCUT2D eigenvalue weighted by Crippen LogP contribution is -2.32. The van der Waals surface area contributed by atoms with E-state index in [0.717, 1.165) is 38.7 Å². The largest absolute Gasteiger partial charge is 0.416 e. The SMILES string of the molecule is O=C(Nc1ccc(Cn2ncc(N3CCCNCC3)c(Cl)c2=O)cc1)Nc1cc(F)cc(C(F)(F)F)c1. The Morgan fingerprint density at radius 3 is 2.51 bits per heavy atom. The first-order chi connectivity index (χ1) is 17.6. The van der Waals surface area contributed by atoms with E-state index in [-0.39, 0.29) is 17.3 Å². The van der Waals surface area contributed by atoms with E-state index in [2.05, 4.69) is 21.0 Å². The van der Waals surface area contributed by atoms with Crippen molar-refractivity contribution in [1.29, 1.82) is 0 Å². The minimum atomic E-state index is -4.75. The molecule has 2 amide bonds. The number of hydrogen-bond acceptors (Lipinski definition) is 5. The van der Waals surface area contributed by atoms with Crippen molar-refractivity contribution in [2.45, 2.75) is 19.1 Å². The number of rotatable bonds is 5. The first-order valence-corrected chi connectivity index (χ1v) is 11.7. The van der Waals surface area contributed by atoms with E-state index in [1.807, 2.05) is 4.90 Å². The van der Waals surface area contributed by atoms with E-state index >= 15 is 0 Å². The van der Waals surface area contributed by atoms with Crippen molar-refractivity contribution in [1.82, 2.24) is 15.1 Å². The molecule has 8 nitrogen and oxygen atoms in total. The van der Waals surface area contributed by atoms with E-state index in [1.54, 1.807) is 30.5 Å². The molecule has 0 radical (unpaired) electrons. The minimum absolute atomic E-state index is 0.0953. The van der Waals surface area contributed by atoms with E-state index in [0.29, 0.717) is 29.1 Å². The molecule has 13 heteroatoms. The average molecular weight is 539 g/mol. The second-order valence-electron chi connectivity index (χ2n) is 8.40. The van der Waals surface area contributed by atoms with Gasteiger partial charge in [0.15, 0.2) is 0 Å². The van der Waals surface area contributed by atoms with Crippen LogP contribution in [-0.4, -0.2) is 42.0 Å². The zero-order chi connectivity index (χ0) is 26.6. The second kappa shape index (κ2) is 11.2. The summed E-state index contributed by atoms with van der Waals surface area (Å²) in [6.07, 6.45) is -2.25. The zero-order valence-electron chi connectivity index (χ0n) is 19.4. The number of nitrogens with one attached hydrogen (secondary N) is 3. The number of benzene rings is 2. The molecular weight excluding hydrogens is 516 g/mol. The Hall–Kier alpha value is -3.64. The number of anilines is 3. The van der Waals surface area contributed by atoms with Gasteiger partial charge in [-0.25, -0.2) is 13.9 Å². The molecule has 0 spiro atoms. The van der Waals surface area contributed by atoms with Gasteiger partial charge in [0.05, 0.1) is 24.0 Å². The van der Waals surface area contributed by atoms with Gasteiger partial charge in [0.2, 0.25) is 0 Å². The highest BCUT2D eigenvalue weighted by Gasteiger charge is 2.31. The predicted molar refractivity (Wildman–Crippen MR) is 133 cm³/mol. The van der Waals surface area contributed by atoms with Gasteiger partial charge < -0.3 is 20.9 Å². The van der Waals surface area contributed by atoms with Crippen molar-refractivity contribution >= 4 is 34.7 Å². The normalized spacial score (nSPS) is 14.2. The van der Waals surface area contributed by atoms with E-state index < -0.39 is 29.1 Å². The molecule has 1 aliphatic heterocycles. The van der Waals surface area contributed by atoms with Crippen molar-refractivity contribution < 1.29 is 22.4 Å². The molecule has 4 rings (SSSR count). The summed E-state index contributed by atoms with van der Waals surface area (Å²) < 4.78 is 53.3. The van der Waals surface area contributed by atoms with Crippen molar-refractivity contribution in [3.8, 4) is 0 Å². The molecule has 0 atom stereocenters. The number of hydrogen-bond donors (Lipinski definition) is 3. The molecule has 0 bridgehead atoms. The third kappa shape index (κ3) is 6.77. The van der Waals surface area contributed by atoms with Crippen LogP contribution in [0, 0.1) is 5.82 Å². The highest BCUT2D eigenvalue weighted by atomic mass is 35.5. The molecule has 1 aromatic heterocycles. The lowest BCUT2D eigenvalue weighted by atomic mass is 10.2. The first kappa shape index (κ1) is 26.4. The molecule has 2 heterocycles. The van der Waals surface area contributed by atoms with Crippen LogP contribution in [0.5, 0.6) is 0 Å². The number of urea groups is 1. The van der Waals surface area contributed by atoms with Gasteiger partial charge >= 0.3 is 12.2 Å². The third-order valence-corrected chi connectivity index (χ3v) is 6.03. The van der Waals surface area contributed by atoms with Gasteiger partial charge in [-0.3, -0.25) is 4.79 Å². The molecule has 2 aromatic carbocycles. The summed E-state index contributed by atoms with van der Waals surface area (Å²) >= 11 is 6.37. The Morgan fingerprint density at radius 2 is 1.78 bits per heavy atom. The molecule has 196 valence electrons. The summed E-state index contributed by atoms with van der Waals surface area (Å²) in [7, 11) is 0. The smallest absolute Gasteiger partial charge is 0.368 e. The third-order valence-electron chi connectivity index (χ3n) is 5.67. The molecule has 3 N–H and O–H groups in total. The van der Waals surface area contributed by atoms with Gasteiger partial charge in [0.1, 0.15) is 10.8 Å². The molecule has 1 fully saturated rings. The molecular formula is C24H23ClF4N6O2. The molecule has 0 aliphatic carbocycles. The van der Waals surface area contributed by atoms with Crippen LogP contribution >= 0.6 is 11.6 Å². The van der Waals surface area contributed by atoms with Crippen molar-refractivity contribution in [3.05, 3.63) is 81.0 Å². The van der Waals surface area contributed by atoms with E-state index in [4.69, 9.17) is 11.6 Å².